The van der Waals surface area contributed by atoms with Gasteiger partial charge in [0.2, 0.25) is 0 Å². The molecule has 166 valence electrons. The van der Waals surface area contributed by atoms with Crippen molar-refractivity contribution >= 4 is 23.7 Å². The molecule has 7 heteroatoms. The first-order valence-corrected chi connectivity index (χ1v) is 11.9. The lowest BCUT2D eigenvalue weighted by molar-refractivity contribution is -0.260. The summed E-state index contributed by atoms with van der Waals surface area (Å²) in [5.41, 5.74) is 0.451. The van der Waals surface area contributed by atoms with E-state index in [0.29, 0.717) is 5.56 Å². The van der Waals surface area contributed by atoms with Crippen LogP contribution in [0.4, 0.5) is 0 Å². The number of carbonyl (C=O) groups excluding carboxylic acids is 2. The number of hydrogen-bond acceptors (Lipinski definition) is 7. The Balaban J connectivity index is 1.79. The molecule has 0 N–H and O–H groups in total. The van der Waals surface area contributed by atoms with Gasteiger partial charge < -0.3 is 18.9 Å². The van der Waals surface area contributed by atoms with E-state index < -0.39 is 36.5 Å². The lowest BCUT2D eigenvalue weighted by Crippen LogP contribution is -2.59. The highest BCUT2D eigenvalue weighted by Crippen LogP contribution is 2.36. The molecule has 5 atom stereocenters. The van der Waals surface area contributed by atoms with Crippen LogP contribution in [0.3, 0.4) is 0 Å². The van der Waals surface area contributed by atoms with Crippen LogP contribution >= 0.6 is 11.8 Å². The van der Waals surface area contributed by atoms with Crippen LogP contribution in [0.15, 0.2) is 30.3 Å². The maximum atomic E-state index is 12.7. The van der Waals surface area contributed by atoms with Crippen LogP contribution in [0.2, 0.25) is 0 Å². The zero-order chi connectivity index (χ0) is 21.5. The number of benzene rings is 1. The molecule has 1 aromatic carbocycles. The van der Waals surface area contributed by atoms with Crippen LogP contribution < -0.4 is 0 Å². The van der Waals surface area contributed by atoms with Gasteiger partial charge in [-0.2, -0.15) is 0 Å². The Morgan fingerprint density at radius 1 is 1.07 bits per heavy atom. The van der Waals surface area contributed by atoms with Gasteiger partial charge in [0.25, 0.3) is 0 Å². The van der Waals surface area contributed by atoms with Crippen molar-refractivity contribution in [1.82, 2.24) is 0 Å². The molecule has 0 aromatic heterocycles. The third-order valence-corrected chi connectivity index (χ3v) is 6.73. The van der Waals surface area contributed by atoms with Gasteiger partial charge in [0.15, 0.2) is 18.5 Å². The normalized spacial score (nSPS) is 29.9. The molecular formula is C23H32O6S. The van der Waals surface area contributed by atoms with Crippen LogP contribution in [0, 0.1) is 0 Å². The molecule has 6 nitrogen and oxygen atoms in total. The molecule has 1 saturated carbocycles. The molecule has 1 aromatic rings. The Morgan fingerprint density at radius 2 is 1.77 bits per heavy atom. The second-order valence-corrected chi connectivity index (χ2v) is 9.29. The number of thioether (sulfide) groups is 1. The molecule has 0 radical (unpaired) electrons. The van der Waals surface area contributed by atoms with Crippen molar-refractivity contribution in [2.24, 2.45) is 0 Å². The minimum Gasteiger partial charge on any atom is -0.457 e. The van der Waals surface area contributed by atoms with E-state index in [1.165, 1.54) is 13.3 Å². The highest BCUT2D eigenvalue weighted by molar-refractivity contribution is 7.99. The topological polar surface area (TPSA) is 71.1 Å². The molecule has 0 bridgehead atoms. The van der Waals surface area contributed by atoms with Crippen molar-refractivity contribution in [3.8, 4) is 0 Å². The smallest absolute Gasteiger partial charge is 0.338 e. The summed E-state index contributed by atoms with van der Waals surface area (Å²) in [5.74, 6) is -0.0718. The lowest BCUT2D eigenvalue weighted by atomic mass is 9.97. The van der Waals surface area contributed by atoms with Gasteiger partial charge in [-0.05, 0) is 37.7 Å². The summed E-state index contributed by atoms with van der Waals surface area (Å²) in [5, 5.41) is -0.273. The zero-order valence-corrected chi connectivity index (χ0v) is 18.8. The van der Waals surface area contributed by atoms with Crippen LogP contribution in [-0.2, 0) is 23.7 Å². The molecule has 2 aliphatic rings. The van der Waals surface area contributed by atoms with E-state index in [4.69, 9.17) is 18.9 Å². The summed E-state index contributed by atoms with van der Waals surface area (Å²) in [6.45, 7) is 5.25. The summed E-state index contributed by atoms with van der Waals surface area (Å²) in [6.07, 6.45) is 3.40. The third kappa shape index (κ3) is 5.99. The number of ether oxygens (including phenoxy) is 4. The molecule has 0 spiro atoms. The van der Waals surface area contributed by atoms with E-state index in [9.17, 15) is 9.59 Å². The maximum absolute atomic E-state index is 12.7. The van der Waals surface area contributed by atoms with Gasteiger partial charge in [0.05, 0.1) is 23.0 Å². The predicted molar refractivity (Wildman–Crippen MR) is 115 cm³/mol. The van der Waals surface area contributed by atoms with E-state index in [0.717, 1.165) is 31.4 Å². The fraction of sp³-hybridized carbons (Fsp3) is 0.652. The van der Waals surface area contributed by atoms with Crippen LogP contribution in [0.25, 0.3) is 0 Å². The van der Waals surface area contributed by atoms with Crippen molar-refractivity contribution in [3.63, 3.8) is 0 Å². The lowest BCUT2D eigenvalue weighted by Gasteiger charge is -2.45. The summed E-state index contributed by atoms with van der Waals surface area (Å²) in [6, 6.07) is 8.80. The summed E-state index contributed by atoms with van der Waals surface area (Å²) < 4.78 is 24.1. The molecule has 0 unspecified atom stereocenters. The van der Waals surface area contributed by atoms with Crippen molar-refractivity contribution in [1.29, 1.82) is 0 Å². The summed E-state index contributed by atoms with van der Waals surface area (Å²) >= 11 is 1.61. The van der Waals surface area contributed by atoms with E-state index >= 15 is 0 Å². The van der Waals surface area contributed by atoms with Gasteiger partial charge in [0.1, 0.15) is 0 Å². The minimum atomic E-state index is -0.711. The molecule has 0 amide bonds. The first-order chi connectivity index (χ1) is 14.5. The zero-order valence-electron chi connectivity index (χ0n) is 18.0. The van der Waals surface area contributed by atoms with Gasteiger partial charge >= 0.3 is 11.9 Å². The van der Waals surface area contributed by atoms with Crippen molar-refractivity contribution in [2.45, 2.75) is 88.8 Å². The maximum Gasteiger partial charge on any atom is 0.338 e. The Labute approximate surface area is 183 Å². The third-order valence-electron chi connectivity index (χ3n) is 5.52. The van der Waals surface area contributed by atoms with E-state index in [1.807, 2.05) is 19.9 Å². The van der Waals surface area contributed by atoms with Gasteiger partial charge in [-0.1, -0.05) is 44.4 Å². The van der Waals surface area contributed by atoms with Crippen molar-refractivity contribution < 1.29 is 28.5 Å². The SMILES string of the molecule is CCS[C@@H]1[C@@H](OC2CCCCC2)O[C@@H](C)[C@H](OC(=O)c2ccccc2)[C@H]1OC(C)=O. The van der Waals surface area contributed by atoms with Crippen LogP contribution in [0.5, 0.6) is 0 Å². The number of esters is 2. The standard InChI is InChI=1S/C23H32O6S/c1-4-30-21-20(27-16(3)24)19(29-22(25)17-11-7-5-8-12-17)15(2)26-23(21)28-18-13-9-6-10-14-18/h5,7-8,11-12,15,18-21,23H,4,6,9-10,13-14H2,1-3H3/t15-,19-,20+,21-,23+/m0/s1. The van der Waals surface area contributed by atoms with Gasteiger partial charge in [0, 0.05) is 6.92 Å². The average molecular weight is 437 g/mol. The second kappa shape index (κ2) is 11.2. The average Bonchev–Trinajstić information content (AvgIpc) is 2.74. The predicted octanol–water partition coefficient (Wildman–Crippen LogP) is 4.36. The molecule has 3 rings (SSSR count). The highest BCUT2D eigenvalue weighted by Gasteiger charge is 2.49. The molecular weight excluding hydrogens is 404 g/mol. The highest BCUT2D eigenvalue weighted by atomic mass is 32.2. The number of carbonyl (C=O) groups is 2. The van der Waals surface area contributed by atoms with Gasteiger partial charge in [-0.3, -0.25) is 4.79 Å². The van der Waals surface area contributed by atoms with E-state index in [2.05, 4.69) is 0 Å². The monoisotopic (exact) mass is 436 g/mol. The Kier molecular flexibility index (Phi) is 8.60. The van der Waals surface area contributed by atoms with Gasteiger partial charge in [-0.15, -0.1) is 11.8 Å². The number of rotatable bonds is 7. The summed E-state index contributed by atoms with van der Waals surface area (Å²) in [4.78, 5) is 24.6. The first kappa shape index (κ1) is 23.1. The van der Waals surface area contributed by atoms with Crippen LogP contribution in [-0.4, -0.2) is 53.6 Å². The molecule has 1 saturated heterocycles. The molecule has 30 heavy (non-hydrogen) atoms. The van der Waals surface area contributed by atoms with Gasteiger partial charge in [-0.25, -0.2) is 4.79 Å². The fourth-order valence-corrected chi connectivity index (χ4v) is 5.17. The quantitative estimate of drug-likeness (QED) is 0.588. The Hall–Kier alpha value is -1.57. The van der Waals surface area contributed by atoms with Crippen molar-refractivity contribution in [2.75, 3.05) is 5.75 Å². The summed E-state index contributed by atoms with van der Waals surface area (Å²) in [7, 11) is 0. The minimum absolute atomic E-state index is 0.150. The van der Waals surface area contributed by atoms with E-state index in [-0.39, 0.29) is 11.4 Å². The molecule has 2 fully saturated rings. The fourth-order valence-electron chi connectivity index (χ4n) is 4.10. The molecule has 1 aliphatic carbocycles. The molecule has 1 heterocycles. The first-order valence-electron chi connectivity index (χ1n) is 10.9. The second-order valence-electron chi connectivity index (χ2n) is 7.84. The van der Waals surface area contributed by atoms with E-state index in [1.54, 1.807) is 36.0 Å². The van der Waals surface area contributed by atoms with Crippen LogP contribution in [0.1, 0.15) is 63.2 Å². The molecule has 1 aliphatic heterocycles. The largest absolute Gasteiger partial charge is 0.457 e. The Morgan fingerprint density at radius 3 is 2.40 bits per heavy atom. The van der Waals surface area contributed by atoms with Crippen molar-refractivity contribution in [3.05, 3.63) is 35.9 Å². The number of hydrogen-bond donors (Lipinski definition) is 0. The Bertz CT molecular complexity index is 690.